The Bertz CT molecular complexity index is 456. The van der Waals surface area contributed by atoms with Crippen LogP contribution < -0.4 is 5.32 Å². The molecule has 0 saturated carbocycles. The molecule has 1 amide bonds. The molecule has 3 heteroatoms. The van der Waals surface area contributed by atoms with Gasteiger partial charge >= 0.3 is 0 Å². The van der Waals surface area contributed by atoms with Crippen molar-refractivity contribution in [2.45, 2.75) is 58.6 Å². The maximum Gasteiger partial charge on any atom is 0.252 e. The maximum absolute atomic E-state index is 12.4. The van der Waals surface area contributed by atoms with Gasteiger partial charge in [0.15, 0.2) is 0 Å². The molecule has 0 heterocycles. The number of hydrogen-bond acceptors (Lipinski definition) is 2. The van der Waals surface area contributed by atoms with Crippen molar-refractivity contribution in [1.29, 1.82) is 0 Å². The SMILES string of the molecule is CC(O)C(C)(C)NC(=O)c1ccccc1C(C)(C)C. The van der Waals surface area contributed by atoms with Gasteiger partial charge in [-0.3, -0.25) is 4.79 Å². The van der Waals surface area contributed by atoms with E-state index in [2.05, 4.69) is 26.1 Å². The lowest BCUT2D eigenvalue weighted by atomic mass is 9.83. The van der Waals surface area contributed by atoms with Crippen LogP contribution in [0.15, 0.2) is 24.3 Å². The Morgan fingerprint density at radius 1 is 1.16 bits per heavy atom. The summed E-state index contributed by atoms with van der Waals surface area (Å²) in [7, 11) is 0. The van der Waals surface area contributed by atoms with Crippen LogP contribution in [0.1, 0.15) is 57.5 Å². The van der Waals surface area contributed by atoms with Gasteiger partial charge in [-0.2, -0.15) is 0 Å². The summed E-state index contributed by atoms with van der Waals surface area (Å²) >= 11 is 0. The van der Waals surface area contributed by atoms with Crippen molar-refractivity contribution in [3.63, 3.8) is 0 Å². The number of carbonyl (C=O) groups excluding carboxylic acids is 1. The highest BCUT2D eigenvalue weighted by molar-refractivity contribution is 5.96. The number of aliphatic hydroxyl groups excluding tert-OH is 1. The first-order chi connectivity index (χ1) is 8.55. The number of amides is 1. The van der Waals surface area contributed by atoms with Crippen LogP contribution in [0.3, 0.4) is 0 Å². The summed E-state index contributed by atoms with van der Waals surface area (Å²) in [6.45, 7) is 11.6. The van der Waals surface area contributed by atoms with Gasteiger partial charge in [-0.05, 0) is 37.8 Å². The summed E-state index contributed by atoms with van der Waals surface area (Å²) in [6.07, 6.45) is -0.613. The fraction of sp³-hybridized carbons (Fsp3) is 0.562. The van der Waals surface area contributed by atoms with E-state index in [-0.39, 0.29) is 11.3 Å². The molecule has 0 spiro atoms. The van der Waals surface area contributed by atoms with E-state index >= 15 is 0 Å². The van der Waals surface area contributed by atoms with Crippen molar-refractivity contribution in [2.75, 3.05) is 0 Å². The molecule has 0 fully saturated rings. The zero-order valence-electron chi connectivity index (χ0n) is 12.7. The van der Waals surface area contributed by atoms with Gasteiger partial charge in [-0.25, -0.2) is 0 Å². The fourth-order valence-electron chi connectivity index (χ4n) is 1.80. The van der Waals surface area contributed by atoms with E-state index in [1.165, 1.54) is 0 Å². The summed E-state index contributed by atoms with van der Waals surface area (Å²) < 4.78 is 0. The molecule has 0 bridgehead atoms. The minimum atomic E-state index is -0.651. The smallest absolute Gasteiger partial charge is 0.252 e. The van der Waals surface area contributed by atoms with E-state index in [1.54, 1.807) is 6.92 Å². The van der Waals surface area contributed by atoms with E-state index in [0.717, 1.165) is 5.56 Å². The molecule has 19 heavy (non-hydrogen) atoms. The Morgan fingerprint density at radius 3 is 2.16 bits per heavy atom. The predicted molar refractivity (Wildman–Crippen MR) is 78.4 cm³/mol. The highest BCUT2D eigenvalue weighted by atomic mass is 16.3. The third-order valence-electron chi connectivity index (χ3n) is 3.46. The average molecular weight is 263 g/mol. The van der Waals surface area contributed by atoms with E-state index in [4.69, 9.17) is 0 Å². The van der Waals surface area contributed by atoms with Crippen LogP contribution in [-0.2, 0) is 5.41 Å². The van der Waals surface area contributed by atoms with Crippen molar-refractivity contribution in [2.24, 2.45) is 0 Å². The standard InChI is InChI=1S/C16H25NO2/c1-11(18)16(5,6)17-14(19)12-9-7-8-10-13(12)15(2,3)4/h7-11,18H,1-6H3,(H,17,19). The van der Waals surface area contributed by atoms with Gasteiger partial charge in [0.2, 0.25) is 0 Å². The summed E-state index contributed by atoms with van der Waals surface area (Å²) in [6, 6.07) is 7.61. The third-order valence-corrected chi connectivity index (χ3v) is 3.46. The van der Waals surface area contributed by atoms with Crippen LogP contribution in [0.2, 0.25) is 0 Å². The van der Waals surface area contributed by atoms with Gasteiger partial charge in [-0.1, -0.05) is 39.0 Å². The first-order valence-corrected chi connectivity index (χ1v) is 6.66. The molecule has 1 aromatic carbocycles. The lowest BCUT2D eigenvalue weighted by Gasteiger charge is -2.30. The van der Waals surface area contributed by atoms with Crippen molar-refractivity contribution < 1.29 is 9.90 Å². The summed E-state index contributed by atoms with van der Waals surface area (Å²) in [5.74, 6) is -0.142. The Balaban J connectivity index is 3.08. The minimum Gasteiger partial charge on any atom is -0.391 e. The van der Waals surface area contributed by atoms with Gasteiger partial charge in [0.25, 0.3) is 5.91 Å². The van der Waals surface area contributed by atoms with Crippen LogP contribution in [0.4, 0.5) is 0 Å². The number of benzene rings is 1. The molecule has 2 N–H and O–H groups in total. The monoisotopic (exact) mass is 263 g/mol. The van der Waals surface area contributed by atoms with Crippen LogP contribution in [-0.4, -0.2) is 22.7 Å². The van der Waals surface area contributed by atoms with E-state index in [9.17, 15) is 9.90 Å². The summed E-state index contributed by atoms with van der Waals surface area (Å²) in [4.78, 5) is 12.4. The topological polar surface area (TPSA) is 49.3 Å². The van der Waals surface area contributed by atoms with E-state index in [1.807, 2.05) is 38.1 Å². The Hall–Kier alpha value is -1.35. The third kappa shape index (κ3) is 3.80. The highest BCUT2D eigenvalue weighted by Crippen LogP contribution is 2.26. The molecule has 1 atom stereocenters. The zero-order chi connectivity index (χ0) is 14.8. The van der Waals surface area contributed by atoms with Crippen LogP contribution in [0.5, 0.6) is 0 Å². The van der Waals surface area contributed by atoms with Gasteiger partial charge < -0.3 is 10.4 Å². The van der Waals surface area contributed by atoms with Gasteiger partial charge in [0, 0.05) is 5.56 Å². The molecule has 106 valence electrons. The molecule has 0 radical (unpaired) electrons. The first-order valence-electron chi connectivity index (χ1n) is 6.66. The molecular weight excluding hydrogens is 238 g/mol. The maximum atomic E-state index is 12.4. The quantitative estimate of drug-likeness (QED) is 0.881. The molecule has 1 unspecified atom stereocenters. The van der Waals surface area contributed by atoms with Gasteiger partial charge in [-0.15, -0.1) is 0 Å². The van der Waals surface area contributed by atoms with Gasteiger partial charge in [0.1, 0.15) is 0 Å². The largest absolute Gasteiger partial charge is 0.391 e. The fourth-order valence-corrected chi connectivity index (χ4v) is 1.80. The molecule has 0 aromatic heterocycles. The number of nitrogens with one attached hydrogen (secondary N) is 1. The molecule has 1 aromatic rings. The number of aliphatic hydroxyl groups is 1. The van der Waals surface area contributed by atoms with Crippen LogP contribution in [0.25, 0.3) is 0 Å². The van der Waals surface area contributed by atoms with Crippen molar-refractivity contribution in [3.05, 3.63) is 35.4 Å². The Labute approximate surface area is 116 Å². The first kappa shape index (κ1) is 15.7. The molecular formula is C16H25NO2. The van der Waals surface area contributed by atoms with Crippen LogP contribution >= 0.6 is 0 Å². The van der Waals surface area contributed by atoms with Crippen LogP contribution in [0, 0.1) is 0 Å². The lowest BCUT2D eigenvalue weighted by Crippen LogP contribution is -2.51. The molecule has 0 saturated heterocycles. The molecule has 3 nitrogen and oxygen atoms in total. The Morgan fingerprint density at radius 2 is 1.68 bits per heavy atom. The van der Waals surface area contributed by atoms with Crippen molar-refractivity contribution >= 4 is 5.91 Å². The predicted octanol–water partition coefficient (Wildman–Crippen LogP) is 2.87. The summed E-state index contributed by atoms with van der Waals surface area (Å²) in [5, 5.41) is 12.6. The number of hydrogen-bond donors (Lipinski definition) is 2. The van der Waals surface area contributed by atoms with E-state index < -0.39 is 11.6 Å². The highest BCUT2D eigenvalue weighted by Gasteiger charge is 2.28. The molecule has 0 aliphatic carbocycles. The zero-order valence-corrected chi connectivity index (χ0v) is 12.7. The second kappa shape index (κ2) is 5.33. The van der Waals surface area contributed by atoms with E-state index in [0.29, 0.717) is 5.56 Å². The summed E-state index contributed by atoms with van der Waals surface area (Å²) in [5.41, 5.74) is 0.933. The molecule has 0 aliphatic heterocycles. The molecule has 0 aliphatic rings. The lowest BCUT2D eigenvalue weighted by molar-refractivity contribution is 0.0707. The number of rotatable bonds is 3. The van der Waals surface area contributed by atoms with Gasteiger partial charge in [0.05, 0.1) is 11.6 Å². The average Bonchev–Trinajstić information content (AvgIpc) is 2.27. The number of carbonyl (C=O) groups is 1. The second-order valence-corrected chi connectivity index (χ2v) is 6.65. The van der Waals surface area contributed by atoms with Crippen molar-refractivity contribution in [3.8, 4) is 0 Å². The normalized spacial score (nSPS) is 14.1. The second-order valence-electron chi connectivity index (χ2n) is 6.65. The minimum absolute atomic E-state index is 0.0943. The van der Waals surface area contributed by atoms with Crippen molar-refractivity contribution in [1.82, 2.24) is 5.32 Å². The molecule has 1 rings (SSSR count). The Kier molecular flexibility index (Phi) is 4.41.